The average molecular weight is 807 g/mol. The molecule has 326 valence electrons. The smallest absolute Gasteiger partial charge is 0.328 e. The first-order valence-corrected chi connectivity index (χ1v) is 22.1. The van der Waals surface area contributed by atoms with Gasteiger partial charge in [0.1, 0.15) is 12.1 Å². The molecule has 0 aliphatic heterocycles. The van der Waals surface area contributed by atoms with Crippen LogP contribution in [0.3, 0.4) is 0 Å². The van der Waals surface area contributed by atoms with E-state index in [-0.39, 0.29) is 30.9 Å². The number of ether oxygens (including phenoxy) is 1. The Balaban J connectivity index is 4.40. The van der Waals surface area contributed by atoms with Crippen LogP contribution in [0, 0.1) is 0 Å². The molecule has 0 aliphatic rings. The highest BCUT2D eigenvalue weighted by Crippen LogP contribution is 2.15. The van der Waals surface area contributed by atoms with Gasteiger partial charge in [-0.3, -0.25) is 14.4 Å². The number of hydrogen-bond donors (Lipinski definition) is 4. The third kappa shape index (κ3) is 38.6. The summed E-state index contributed by atoms with van der Waals surface area (Å²) in [5.74, 6) is -2.52. The van der Waals surface area contributed by atoms with Crippen molar-refractivity contribution >= 4 is 23.8 Å². The van der Waals surface area contributed by atoms with Gasteiger partial charge in [0.05, 0.1) is 13.2 Å². The van der Waals surface area contributed by atoms with Crippen LogP contribution < -0.4 is 10.6 Å². The Morgan fingerprint density at radius 3 is 1.50 bits per heavy atom. The first-order valence-electron chi connectivity index (χ1n) is 22.1. The monoisotopic (exact) mass is 807 g/mol. The molecular formula is C49H78N2O7. The van der Waals surface area contributed by atoms with Gasteiger partial charge in [0, 0.05) is 12.8 Å². The number of carbonyl (C=O) groups excluding carboxylic acids is 3. The molecule has 0 aromatic heterocycles. The standard InChI is InChI=1S/C49H78N2O7/c1-3-5-7-9-11-13-15-16-17-18-19-20-21-22-23-24-26-28-30-32-37-41-48(55)58-44(38-34-31-29-27-25-14-12-10-8-6-4-2)39-35-33-36-40-46(53)50-42-47(54)51-45(43-52)49(56)57/h5-8,11-14,16-17,19-20,27,29,34,38,44-45,52H,3-4,9-10,15,18,21-26,28,30-33,35-37,39-43H2,1-2H3,(H,50,53)(H,51,54)(H,56,57)/b7-5-,8-6-,13-11-,14-12-,17-16-,20-19-,29-27-,38-34-. The van der Waals surface area contributed by atoms with Gasteiger partial charge in [-0.1, -0.05) is 150 Å². The summed E-state index contributed by atoms with van der Waals surface area (Å²) in [6.07, 6.45) is 55.9. The lowest BCUT2D eigenvalue weighted by Gasteiger charge is -2.15. The number of unbranched alkanes of at least 4 members (excludes halogenated alkanes) is 10. The molecule has 0 aromatic carbocycles. The predicted octanol–water partition coefficient (Wildman–Crippen LogP) is 11.0. The zero-order chi connectivity index (χ0) is 42.6. The second kappa shape index (κ2) is 42.4. The van der Waals surface area contributed by atoms with Gasteiger partial charge in [-0.25, -0.2) is 4.79 Å². The Morgan fingerprint density at radius 2 is 0.983 bits per heavy atom. The highest BCUT2D eigenvalue weighted by atomic mass is 16.5. The first-order chi connectivity index (χ1) is 28.3. The maximum Gasteiger partial charge on any atom is 0.328 e. The molecule has 0 bridgehead atoms. The normalized spacial score (nSPS) is 13.4. The molecule has 0 radical (unpaired) electrons. The number of carbonyl (C=O) groups is 4. The van der Waals surface area contributed by atoms with Gasteiger partial charge in [0.15, 0.2) is 0 Å². The average Bonchev–Trinajstić information content (AvgIpc) is 3.21. The van der Waals surface area contributed by atoms with E-state index in [4.69, 9.17) is 14.9 Å². The fraction of sp³-hybridized carbons (Fsp3) is 0.592. The Morgan fingerprint density at radius 1 is 0.534 bits per heavy atom. The van der Waals surface area contributed by atoms with E-state index < -0.39 is 24.5 Å². The number of aliphatic carboxylic acids is 1. The van der Waals surface area contributed by atoms with Gasteiger partial charge in [-0.15, -0.1) is 0 Å². The lowest BCUT2D eigenvalue weighted by Crippen LogP contribution is -2.47. The Hall–Kier alpha value is -4.24. The van der Waals surface area contributed by atoms with Crippen LogP contribution >= 0.6 is 0 Å². The molecule has 2 atom stereocenters. The van der Waals surface area contributed by atoms with Crippen molar-refractivity contribution in [2.24, 2.45) is 0 Å². The van der Waals surface area contributed by atoms with Crippen molar-refractivity contribution < 1.29 is 34.1 Å². The molecule has 0 heterocycles. The zero-order valence-electron chi connectivity index (χ0n) is 36.0. The van der Waals surface area contributed by atoms with Crippen LogP contribution in [0.1, 0.15) is 162 Å². The van der Waals surface area contributed by atoms with Crippen LogP contribution in [0.5, 0.6) is 0 Å². The highest BCUT2D eigenvalue weighted by molar-refractivity contribution is 5.87. The summed E-state index contributed by atoms with van der Waals surface area (Å²) in [6.45, 7) is 3.18. The highest BCUT2D eigenvalue weighted by Gasteiger charge is 2.18. The van der Waals surface area contributed by atoms with Crippen molar-refractivity contribution in [3.8, 4) is 0 Å². The third-order valence-electron chi connectivity index (χ3n) is 9.06. The van der Waals surface area contributed by atoms with Crippen molar-refractivity contribution in [1.82, 2.24) is 10.6 Å². The number of hydrogen-bond acceptors (Lipinski definition) is 6. The van der Waals surface area contributed by atoms with E-state index in [1.54, 1.807) is 0 Å². The predicted molar refractivity (Wildman–Crippen MR) is 240 cm³/mol. The molecule has 58 heavy (non-hydrogen) atoms. The Bertz CT molecular complexity index is 1290. The quantitative estimate of drug-likeness (QED) is 0.0276. The van der Waals surface area contributed by atoms with Crippen molar-refractivity contribution in [3.63, 3.8) is 0 Å². The molecule has 0 aromatic rings. The number of carboxylic acid groups (broad SMARTS) is 1. The lowest BCUT2D eigenvalue weighted by atomic mass is 10.1. The van der Waals surface area contributed by atoms with E-state index in [2.05, 4.69) is 110 Å². The van der Waals surface area contributed by atoms with E-state index in [1.807, 2.05) is 12.2 Å². The number of amides is 2. The number of aliphatic hydroxyl groups excluding tert-OH is 1. The van der Waals surface area contributed by atoms with Crippen molar-refractivity contribution in [1.29, 1.82) is 0 Å². The van der Waals surface area contributed by atoms with Crippen LogP contribution in [0.2, 0.25) is 0 Å². The molecule has 4 N–H and O–H groups in total. The summed E-state index contributed by atoms with van der Waals surface area (Å²) in [5, 5.41) is 22.6. The minimum Gasteiger partial charge on any atom is -0.480 e. The molecule has 0 fully saturated rings. The van der Waals surface area contributed by atoms with E-state index in [0.29, 0.717) is 19.3 Å². The second-order valence-electron chi connectivity index (χ2n) is 14.4. The number of allylic oxidation sites excluding steroid dienone is 15. The number of esters is 1. The number of nitrogens with one attached hydrogen (secondary N) is 2. The van der Waals surface area contributed by atoms with Gasteiger partial charge >= 0.3 is 11.9 Å². The number of rotatable bonds is 38. The van der Waals surface area contributed by atoms with Crippen LogP contribution in [0.25, 0.3) is 0 Å². The van der Waals surface area contributed by atoms with Crippen molar-refractivity contribution in [2.45, 2.75) is 174 Å². The van der Waals surface area contributed by atoms with Gasteiger partial charge in [-0.2, -0.15) is 0 Å². The molecular weight excluding hydrogens is 729 g/mol. The Labute approximate surface area is 351 Å². The fourth-order valence-electron chi connectivity index (χ4n) is 5.73. The maximum atomic E-state index is 12.8. The number of aliphatic hydroxyl groups is 1. The van der Waals surface area contributed by atoms with Gasteiger partial charge in [-0.05, 0) is 96.0 Å². The SMILES string of the molecule is CC/C=C\C/C=C\C/C=C\C/C=C\CCCCCCCCCCC(=O)OC(/C=C\C/C=C\C/C=C\C/C=C\CC)CCCCCC(=O)NCC(=O)NC(CO)C(=O)O. The summed E-state index contributed by atoms with van der Waals surface area (Å²) in [4.78, 5) is 47.7. The minimum atomic E-state index is -1.41. The molecule has 0 spiro atoms. The molecule has 0 rings (SSSR count). The number of carboxylic acids is 1. The van der Waals surface area contributed by atoms with E-state index in [9.17, 15) is 19.2 Å². The zero-order valence-corrected chi connectivity index (χ0v) is 36.0. The van der Waals surface area contributed by atoms with Gasteiger partial charge in [0.25, 0.3) is 0 Å². The summed E-state index contributed by atoms with van der Waals surface area (Å²) in [7, 11) is 0. The lowest BCUT2D eigenvalue weighted by molar-refractivity contribution is -0.147. The van der Waals surface area contributed by atoms with E-state index in [0.717, 1.165) is 89.9 Å². The summed E-state index contributed by atoms with van der Waals surface area (Å²) in [6, 6.07) is -1.41. The molecule has 9 heteroatoms. The molecule has 9 nitrogen and oxygen atoms in total. The molecule has 2 unspecified atom stereocenters. The third-order valence-corrected chi connectivity index (χ3v) is 9.06. The molecule has 0 saturated carbocycles. The van der Waals surface area contributed by atoms with Crippen LogP contribution in [-0.4, -0.2) is 59.3 Å². The first kappa shape index (κ1) is 53.8. The summed E-state index contributed by atoms with van der Waals surface area (Å²) in [5.41, 5.74) is 0. The summed E-state index contributed by atoms with van der Waals surface area (Å²) < 4.78 is 5.87. The fourth-order valence-corrected chi connectivity index (χ4v) is 5.73. The van der Waals surface area contributed by atoms with Gasteiger partial charge < -0.3 is 25.6 Å². The van der Waals surface area contributed by atoms with Crippen molar-refractivity contribution in [2.75, 3.05) is 13.2 Å². The van der Waals surface area contributed by atoms with E-state index >= 15 is 0 Å². The molecule has 0 aliphatic carbocycles. The van der Waals surface area contributed by atoms with Crippen LogP contribution in [-0.2, 0) is 23.9 Å². The Kier molecular flexibility index (Phi) is 39.3. The maximum absolute atomic E-state index is 12.8. The molecule has 0 saturated heterocycles. The topological polar surface area (TPSA) is 142 Å². The molecule has 2 amide bonds. The van der Waals surface area contributed by atoms with E-state index in [1.165, 1.54) is 32.1 Å². The van der Waals surface area contributed by atoms with Crippen molar-refractivity contribution in [3.05, 3.63) is 97.2 Å². The summed E-state index contributed by atoms with van der Waals surface area (Å²) >= 11 is 0. The minimum absolute atomic E-state index is 0.174. The second-order valence-corrected chi connectivity index (χ2v) is 14.4. The van der Waals surface area contributed by atoms with Crippen LogP contribution in [0.15, 0.2) is 97.2 Å². The van der Waals surface area contributed by atoms with Crippen LogP contribution in [0.4, 0.5) is 0 Å². The van der Waals surface area contributed by atoms with Gasteiger partial charge in [0.2, 0.25) is 11.8 Å². The largest absolute Gasteiger partial charge is 0.480 e.